The highest BCUT2D eigenvalue weighted by atomic mass is 32.2. The van der Waals surface area contributed by atoms with Gasteiger partial charge in [0.15, 0.2) is 0 Å². The molecule has 0 aliphatic heterocycles. The van der Waals surface area contributed by atoms with Crippen LogP contribution < -0.4 is 10.5 Å². The zero-order valence-corrected chi connectivity index (χ0v) is 10.7. The van der Waals surface area contributed by atoms with Crippen molar-refractivity contribution < 1.29 is 8.95 Å². The minimum absolute atomic E-state index is 0.578. The van der Waals surface area contributed by atoms with Crippen LogP contribution in [0.25, 0.3) is 0 Å². The van der Waals surface area contributed by atoms with E-state index >= 15 is 0 Å². The molecule has 1 aromatic carbocycles. The van der Waals surface area contributed by atoms with Crippen molar-refractivity contribution in [3.8, 4) is 5.75 Å². The number of methoxy groups -OCH3 is 1. The van der Waals surface area contributed by atoms with E-state index in [0.29, 0.717) is 17.2 Å². The van der Waals surface area contributed by atoms with Gasteiger partial charge in [0, 0.05) is 22.3 Å². The van der Waals surface area contributed by atoms with Crippen molar-refractivity contribution in [3.05, 3.63) is 23.8 Å². The smallest absolute Gasteiger partial charge is 0.141 e. The molecule has 0 amide bonds. The van der Waals surface area contributed by atoms with Crippen LogP contribution >= 0.6 is 0 Å². The summed E-state index contributed by atoms with van der Waals surface area (Å²) in [6.07, 6.45) is 2.09. The van der Waals surface area contributed by atoms with Gasteiger partial charge in [-0.1, -0.05) is 19.4 Å². The first-order valence-corrected chi connectivity index (χ1v) is 6.93. The summed E-state index contributed by atoms with van der Waals surface area (Å²) in [4.78, 5) is 0. The van der Waals surface area contributed by atoms with E-state index in [1.807, 2.05) is 18.2 Å². The van der Waals surface area contributed by atoms with E-state index in [1.165, 1.54) is 0 Å². The van der Waals surface area contributed by atoms with Crippen molar-refractivity contribution in [1.82, 2.24) is 0 Å². The molecule has 1 aromatic rings. The average Bonchev–Trinajstić information content (AvgIpc) is 2.26. The zero-order chi connectivity index (χ0) is 12.0. The van der Waals surface area contributed by atoms with E-state index in [4.69, 9.17) is 10.5 Å². The molecule has 0 aromatic heterocycles. The second kappa shape index (κ2) is 6.53. The van der Waals surface area contributed by atoms with Gasteiger partial charge in [0.25, 0.3) is 0 Å². The van der Waals surface area contributed by atoms with Crippen molar-refractivity contribution >= 4 is 16.5 Å². The van der Waals surface area contributed by atoms with Crippen LogP contribution in [0, 0.1) is 0 Å². The van der Waals surface area contributed by atoms with E-state index in [9.17, 15) is 4.21 Å². The molecule has 0 spiro atoms. The maximum absolute atomic E-state index is 11.7. The fraction of sp³-hybridized carbons (Fsp3) is 0.500. The fourth-order valence-electron chi connectivity index (χ4n) is 1.44. The molecule has 1 atom stereocenters. The summed E-state index contributed by atoms with van der Waals surface area (Å²) in [6, 6.07) is 5.57. The molecule has 16 heavy (non-hydrogen) atoms. The minimum atomic E-state index is -0.784. The highest BCUT2D eigenvalue weighted by molar-refractivity contribution is 7.84. The predicted octanol–water partition coefficient (Wildman–Crippen LogP) is 2.33. The Bertz CT molecular complexity index is 366. The molecule has 1 rings (SSSR count). The third-order valence-corrected chi connectivity index (χ3v) is 3.75. The van der Waals surface area contributed by atoms with Gasteiger partial charge in [-0.25, -0.2) is 0 Å². The van der Waals surface area contributed by atoms with Crippen LogP contribution in [0.4, 0.5) is 5.69 Å². The molecule has 90 valence electrons. The molecule has 1 unspecified atom stereocenters. The maximum atomic E-state index is 11.7. The van der Waals surface area contributed by atoms with Gasteiger partial charge in [-0.3, -0.25) is 4.21 Å². The van der Waals surface area contributed by atoms with Crippen LogP contribution in [0.2, 0.25) is 0 Å². The van der Waals surface area contributed by atoms with Gasteiger partial charge >= 0.3 is 0 Å². The number of hydrogen-bond donors (Lipinski definition) is 1. The fourth-order valence-corrected chi connectivity index (χ4v) is 2.74. The molecular formula is C12H19NO2S. The normalized spacial score (nSPS) is 12.4. The lowest BCUT2D eigenvalue weighted by Crippen LogP contribution is -2.02. The zero-order valence-electron chi connectivity index (χ0n) is 9.86. The van der Waals surface area contributed by atoms with Gasteiger partial charge < -0.3 is 10.5 Å². The molecule has 0 heterocycles. The van der Waals surface area contributed by atoms with Gasteiger partial charge in [0.1, 0.15) is 5.75 Å². The third kappa shape index (κ3) is 3.85. The molecule has 0 bridgehead atoms. The minimum Gasteiger partial charge on any atom is -0.495 e. The second-order valence-corrected chi connectivity index (χ2v) is 5.29. The summed E-state index contributed by atoms with van der Waals surface area (Å²) in [5.41, 5.74) is 7.40. The van der Waals surface area contributed by atoms with Crippen molar-refractivity contribution in [3.63, 3.8) is 0 Å². The molecule has 0 saturated carbocycles. The summed E-state index contributed by atoms with van der Waals surface area (Å²) in [6.45, 7) is 2.10. The van der Waals surface area contributed by atoms with Gasteiger partial charge in [-0.05, 0) is 24.1 Å². The van der Waals surface area contributed by atoms with Crippen LogP contribution in [0.1, 0.15) is 25.3 Å². The predicted molar refractivity (Wildman–Crippen MR) is 69.0 cm³/mol. The Morgan fingerprint density at radius 3 is 2.75 bits per heavy atom. The van der Waals surface area contributed by atoms with E-state index in [-0.39, 0.29) is 0 Å². The summed E-state index contributed by atoms with van der Waals surface area (Å²) in [5.74, 6) is 2.01. The first-order valence-electron chi connectivity index (χ1n) is 5.44. The molecular weight excluding hydrogens is 222 g/mol. The van der Waals surface area contributed by atoms with Crippen molar-refractivity contribution in [2.75, 3.05) is 18.6 Å². The van der Waals surface area contributed by atoms with Crippen LogP contribution in [0.15, 0.2) is 18.2 Å². The van der Waals surface area contributed by atoms with Gasteiger partial charge in [-0.15, -0.1) is 0 Å². The van der Waals surface area contributed by atoms with Crippen molar-refractivity contribution in [2.24, 2.45) is 0 Å². The van der Waals surface area contributed by atoms with Crippen LogP contribution in [-0.2, 0) is 16.6 Å². The Labute approximate surface area is 99.4 Å². The summed E-state index contributed by atoms with van der Waals surface area (Å²) in [5, 5.41) is 0. The SMILES string of the molecule is CCCCS(=O)Cc1ccc(OC)c(N)c1. The van der Waals surface area contributed by atoms with Crippen molar-refractivity contribution in [1.29, 1.82) is 0 Å². The first kappa shape index (κ1) is 13.0. The lowest BCUT2D eigenvalue weighted by atomic mass is 10.2. The van der Waals surface area contributed by atoms with E-state index < -0.39 is 10.8 Å². The average molecular weight is 241 g/mol. The van der Waals surface area contributed by atoms with Crippen LogP contribution in [0.3, 0.4) is 0 Å². The maximum Gasteiger partial charge on any atom is 0.141 e. The Morgan fingerprint density at radius 1 is 1.44 bits per heavy atom. The number of nitrogen functional groups attached to an aromatic ring is 1. The molecule has 0 saturated heterocycles. The Balaban J connectivity index is 2.61. The number of nitrogens with two attached hydrogens (primary N) is 1. The Morgan fingerprint density at radius 2 is 2.19 bits per heavy atom. The van der Waals surface area contributed by atoms with Crippen molar-refractivity contribution in [2.45, 2.75) is 25.5 Å². The van der Waals surface area contributed by atoms with Crippen LogP contribution in [-0.4, -0.2) is 17.1 Å². The quantitative estimate of drug-likeness (QED) is 0.778. The highest BCUT2D eigenvalue weighted by Crippen LogP contribution is 2.22. The monoisotopic (exact) mass is 241 g/mol. The van der Waals surface area contributed by atoms with E-state index in [2.05, 4.69) is 6.92 Å². The lowest BCUT2D eigenvalue weighted by molar-refractivity contribution is 0.417. The number of ether oxygens (including phenoxy) is 1. The molecule has 0 aliphatic rings. The summed E-state index contributed by atoms with van der Waals surface area (Å²) >= 11 is 0. The highest BCUT2D eigenvalue weighted by Gasteiger charge is 2.04. The molecule has 4 heteroatoms. The molecule has 0 radical (unpaired) electrons. The molecule has 3 nitrogen and oxygen atoms in total. The number of rotatable bonds is 6. The summed E-state index contributed by atoms with van der Waals surface area (Å²) < 4.78 is 16.7. The van der Waals surface area contributed by atoms with E-state index in [0.717, 1.165) is 24.2 Å². The van der Waals surface area contributed by atoms with Crippen LogP contribution in [0.5, 0.6) is 5.75 Å². The Hall–Kier alpha value is -1.03. The van der Waals surface area contributed by atoms with Gasteiger partial charge in [-0.2, -0.15) is 0 Å². The Kier molecular flexibility index (Phi) is 5.32. The van der Waals surface area contributed by atoms with E-state index in [1.54, 1.807) is 7.11 Å². The standard InChI is InChI=1S/C12H19NO2S/c1-3-4-7-16(14)9-10-5-6-12(15-2)11(13)8-10/h5-6,8H,3-4,7,9,13H2,1-2H3. The number of anilines is 1. The number of unbranched alkanes of at least 4 members (excludes halogenated alkanes) is 1. The second-order valence-electron chi connectivity index (χ2n) is 3.72. The third-order valence-electron chi connectivity index (χ3n) is 2.35. The molecule has 0 fully saturated rings. The number of benzene rings is 1. The van der Waals surface area contributed by atoms with Gasteiger partial charge in [0.05, 0.1) is 12.8 Å². The lowest BCUT2D eigenvalue weighted by Gasteiger charge is -2.07. The number of hydrogen-bond acceptors (Lipinski definition) is 3. The van der Waals surface area contributed by atoms with Gasteiger partial charge in [0.2, 0.25) is 0 Å². The molecule has 0 aliphatic carbocycles. The first-order chi connectivity index (χ1) is 7.67. The summed E-state index contributed by atoms with van der Waals surface area (Å²) in [7, 11) is 0.804. The molecule has 2 N–H and O–H groups in total. The largest absolute Gasteiger partial charge is 0.495 e. The topological polar surface area (TPSA) is 52.3 Å².